The van der Waals surface area contributed by atoms with E-state index in [2.05, 4.69) is 166 Å². The van der Waals surface area contributed by atoms with Crippen LogP contribution < -0.4 is 0 Å². The van der Waals surface area contributed by atoms with E-state index in [9.17, 15) is 0 Å². The third-order valence-electron chi connectivity index (χ3n) is 11.7. The first-order chi connectivity index (χ1) is 27.5. The van der Waals surface area contributed by atoms with Crippen LogP contribution in [0.25, 0.3) is 100.0 Å². The SMILES string of the molecule is CC1(C)c2cc3ccccc3cc2-c2c(-c3ccccc3-c3cc(-c4ccccc4-c4ccc5oc6ccccc6c5c4)nc(-c4ccccc4)n3)cccc21. The molecule has 0 bridgehead atoms. The molecule has 0 amide bonds. The van der Waals surface area contributed by atoms with Gasteiger partial charge in [0, 0.05) is 32.9 Å². The Balaban J connectivity index is 1.12. The number of para-hydroxylation sites is 1. The number of rotatable bonds is 5. The molecule has 11 rings (SSSR count). The molecule has 0 unspecified atom stereocenters. The van der Waals surface area contributed by atoms with Crippen LogP contribution in [0.4, 0.5) is 0 Å². The predicted octanol–water partition coefficient (Wildman–Crippen LogP) is 14.2. The molecule has 1 aliphatic carbocycles. The van der Waals surface area contributed by atoms with Crippen LogP contribution in [0.3, 0.4) is 0 Å². The van der Waals surface area contributed by atoms with Crippen molar-refractivity contribution in [1.29, 1.82) is 0 Å². The fourth-order valence-corrected chi connectivity index (χ4v) is 8.93. The zero-order chi connectivity index (χ0) is 37.4. The van der Waals surface area contributed by atoms with Crippen LogP contribution in [0.2, 0.25) is 0 Å². The molecule has 0 radical (unpaired) electrons. The fourth-order valence-electron chi connectivity index (χ4n) is 8.93. The van der Waals surface area contributed by atoms with Crippen LogP contribution >= 0.6 is 0 Å². The Morgan fingerprint density at radius 3 is 1.79 bits per heavy atom. The van der Waals surface area contributed by atoms with Crippen molar-refractivity contribution in [2.45, 2.75) is 19.3 Å². The molecule has 0 saturated carbocycles. The van der Waals surface area contributed by atoms with Crippen molar-refractivity contribution < 1.29 is 4.42 Å². The Hall–Kier alpha value is -7.10. The van der Waals surface area contributed by atoms with Gasteiger partial charge in [0.25, 0.3) is 0 Å². The van der Waals surface area contributed by atoms with Gasteiger partial charge in [0.15, 0.2) is 5.82 Å². The molecule has 2 heterocycles. The summed E-state index contributed by atoms with van der Waals surface area (Å²) in [4.78, 5) is 10.6. The van der Waals surface area contributed by atoms with Gasteiger partial charge < -0.3 is 4.42 Å². The summed E-state index contributed by atoms with van der Waals surface area (Å²) >= 11 is 0. The van der Waals surface area contributed by atoms with Gasteiger partial charge in [0.05, 0.1) is 11.4 Å². The average Bonchev–Trinajstić information content (AvgIpc) is 3.74. The van der Waals surface area contributed by atoms with E-state index in [1.165, 1.54) is 38.6 Å². The molecule has 2 aromatic heterocycles. The first-order valence-corrected chi connectivity index (χ1v) is 19.2. The topological polar surface area (TPSA) is 38.9 Å². The van der Waals surface area contributed by atoms with Gasteiger partial charge in [-0.05, 0) is 91.7 Å². The summed E-state index contributed by atoms with van der Waals surface area (Å²) in [5.41, 5.74) is 16.3. The van der Waals surface area contributed by atoms with E-state index in [1.54, 1.807) is 0 Å². The van der Waals surface area contributed by atoms with Gasteiger partial charge >= 0.3 is 0 Å². The quantitative estimate of drug-likeness (QED) is 0.178. The number of nitrogens with zero attached hydrogens (tertiary/aromatic N) is 2. The van der Waals surface area contributed by atoms with E-state index in [4.69, 9.17) is 14.4 Å². The zero-order valence-corrected chi connectivity index (χ0v) is 31.1. The summed E-state index contributed by atoms with van der Waals surface area (Å²) in [6.07, 6.45) is 0. The minimum absolute atomic E-state index is 0.141. The lowest BCUT2D eigenvalue weighted by Crippen LogP contribution is -2.14. The van der Waals surface area contributed by atoms with E-state index >= 15 is 0 Å². The highest BCUT2D eigenvalue weighted by Gasteiger charge is 2.37. The smallest absolute Gasteiger partial charge is 0.160 e. The molecule has 0 spiro atoms. The second-order valence-electron chi connectivity index (χ2n) is 15.3. The number of hydrogen-bond acceptors (Lipinski definition) is 3. The molecule has 0 fully saturated rings. The molecule has 0 saturated heterocycles. The largest absolute Gasteiger partial charge is 0.456 e. The molecule has 0 atom stereocenters. The minimum Gasteiger partial charge on any atom is -0.456 e. The first kappa shape index (κ1) is 32.3. The monoisotopic (exact) mass is 716 g/mol. The highest BCUT2D eigenvalue weighted by Crippen LogP contribution is 2.54. The maximum atomic E-state index is 6.19. The highest BCUT2D eigenvalue weighted by molar-refractivity contribution is 6.07. The lowest BCUT2D eigenvalue weighted by molar-refractivity contribution is 0.661. The number of benzene rings is 8. The van der Waals surface area contributed by atoms with Crippen LogP contribution in [0.15, 0.2) is 186 Å². The molecule has 264 valence electrons. The molecule has 8 aromatic carbocycles. The van der Waals surface area contributed by atoms with Gasteiger partial charge in [0.2, 0.25) is 0 Å². The number of aromatic nitrogens is 2. The van der Waals surface area contributed by atoms with Crippen molar-refractivity contribution in [2.24, 2.45) is 0 Å². The molecule has 0 N–H and O–H groups in total. The summed E-state index contributed by atoms with van der Waals surface area (Å²) < 4.78 is 6.19. The fraction of sp³-hybridized carbons (Fsp3) is 0.0566. The molecule has 3 nitrogen and oxygen atoms in total. The molecular formula is C53H36N2O. The second kappa shape index (κ2) is 12.5. The Morgan fingerprint density at radius 2 is 1.00 bits per heavy atom. The highest BCUT2D eigenvalue weighted by atomic mass is 16.3. The third kappa shape index (κ3) is 5.05. The maximum Gasteiger partial charge on any atom is 0.160 e. The Kier molecular flexibility index (Phi) is 7.20. The van der Waals surface area contributed by atoms with E-state index in [-0.39, 0.29) is 5.41 Å². The zero-order valence-electron chi connectivity index (χ0n) is 31.1. The molecule has 10 aromatic rings. The number of fused-ring (bicyclic) bond motifs is 7. The van der Waals surface area contributed by atoms with Crippen molar-refractivity contribution >= 4 is 32.7 Å². The van der Waals surface area contributed by atoms with Crippen LogP contribution in [0, 0.1) is 0 Å². The normalized spacial score (nSPS) is 13.0. The molecule has 0 aliphatic heterocycles. The van der Waals surface area contributed by atoms with Crippen LogP contribution in [0.5, 0.6) is 0 Å². The summed E-state index contributed by atoms with van der Waals surface area (Å²) in [5, 5.41) is 4.74. The van der Waals surface area contributed by atoms with Gasteiger partial charge in [-0.3, -0.25) is 0 Å². The predicted molar refractivity (Wildman–Crippen MR) is 232 cm³/mol. The molecule has 3 heteroatoms. The third-order valence-corrected chi connectivity index (χ3v) is 11.7. The minimum atomic E-state index is -0.141. The Morgan fingerprint density at radius 1 is 0.393 bits per heavy atom. The lowest BCUT2D eigenvalue weighted by Gasteiger charge is -2.22. The standard InChI is InChI=1S/C53H36N2O/c1-53(2)45-25-14-24-42(51(45)44-29-34-17-6-7-18-35(34)31-46(44)53)38-20-9-11-22-40(38)48-32-47(54-52(55-48)33-15-4-3-5-16-33)39-21-10-8-19-37(39)36-27-28-50-43(30-36)41-23-12-13-26-49(41)56-50/h3-32H,1-2H3. The number of furan rings is 1. The van der Waals surface area contributed by atoms with Crippen molar-refractivity contribution in [1.82, 2.24) is 9.97 Å². The van der Waals surface area contributed by atoms with E-state index in [0.717, 1.165) is 66.7 Å². The van der Waals surface area contributed by atoms with Gasteiger partial charge in [-0.1, -0.05) is 159 Å². The van der Waals surface area contributed by atoms with E-state index in [0.29, 0.717) is 5.82 Å². The van der Waals surface area contributed by atoms with Crippen molar-refractivity contribution in [3.05, 3.63) is 193 Å². The van der Waals surface area contributed by atoms with Crippen molar-refractivity contribution in [3.8, 4) is 67.3 Å². The summed E-state index contributed by atoms with van der Waals surface area (Å²) in [5.74, 6) is 0.690. The average molecular weight is 717 g/mol. The second-order valence-corrected chi connectivity index (χ2v) is 15.3. The van der Waals surface area contributed by atoms with E-state index < -0.39 is 0 Å². The molecular weight excluding hydrogens is 681 g/mol. The summed E-state index contributed by atoms with van der Waals surface area (Å²) in [7, 11) is 0. The van der Waals surface area contributed by atoms with Crippen LogP contribution in [-0.2, 0) is 5.41 Å². The van der Waals surface area contributed by atoms with Crippen LogP contribution in [0.1, 0.15) is 25.0 Å². The van der Waals surface area contributed by atoms with Crippen LogP contribution in [-0.4, -0.2) is 9.97 Å². The van der Waals surface area contributed by atoms with Crippen molar-refractivity contribution in [2.75, 3.05) is 0 Å². The Bertz CT molecular complexity index is 3170. The van der Waals surface area contributed by atoms with Gasteiger partial charge in [0.1, 0.15) is 11.2 Å². The summed E-state index contributed by atoms with van der Waals surface area (Å²) in [6, 6.07) is 64.8. The van der Waals surface area contributed by atoms with Crippen molar-refractivity contribution in [3.63, 3.8) is 0 Å². The van der Waals surface area contributed by atoms with Gasteiger partial charge in [-0.2, -0.15) is 0 Å². The lowest BCUT2D eigenvalue weighted by atomic mass is 9.81. The number of hydrogen-bond donors (Lipinski definition) is 0. The molecule has 56 heavy (non-hydrogen) atoms. The Labute approximate surface area is 325 Å². The van der Waals surface area contributed by atoms with E-state index in [1.807, 2.05) is 30.3 Å². The summed E-state index contributed by atoms with van der Waals surface area (Å²) in [6.45, 7) is 4.71. The molecule has 1 aliphatic rings. The maximum absolute atomic E-state index is 6.19. The van der Waals surface area contributed by atoms with Gasteiger partial charge in [-0.25, -0.2) is 9.97 Å². The first-order valence-electron chi connectivity index (χ1n) is 19.2. The van der Waals surface area contributed by atoms with Gasteiger partial charge in [-0.15, -0.1) is 0 Å².